The summed E-state index contributed by atoms with van der Waals surface area (Å²) in [7, 11) is 0. The van der Waals surface area contributed by atoms with Gasteiger partial charge in [0.25, 0.3) is 0 Å². The Labute approximate surface area is 123 Å². The van der Waals surface area contributed by atoms with Crippen molar-refractivity contribution in [1.29, 1.82) is 0 Å². The fourth-order valence-electron chi connectivity index (χ4n) is 3.28. The molecule has 3 rings (SSSR count). The Morgan fingerprint density at radius 1 is 1.37 bits per heavy atom. The Hall–Kier alpha value is -0.580. The molecule has 2 heterocycles. The maximum absolute atomic E-state index is 5.85. The normalized spacial score (nSPS) is 27.2. The summed E-state index contributed by atoms with van der Waals surface area (Å²) < 4.78 is 6.92. The first-order chi connectivity index (χ1) is 9.33. The highest BCUT2D eigenvalue weighted by Gasteiger charge is 2.34. The SMILES string of the molecule is Brc1cccc(OCCN2CCCC3CNCC32)c1. The minimum atomic E-state index is 0.736. The number of ether oxygens (including phenoxy) is 1. The fourth-order valence-corrected chi connectivity index (χ4v) is 3.66. The quantitative estimate of drug-likeness (QED) is 0.921. The third kappa shape index (κ3) is 3.30. The largest absolute Gasteiger partial charge is 0.492 e. The van der Waals surface area contributed by atoms with Gasteiger partial charge in [-0.1, -0.05) is 22.0 Å². The predicted molar refractivity (Wildman–Crippen MR) is 80.6 cm³/mol. The van der Waals surface area contributed by atoms with Crippen LogP contribution in [0.25, 0.3) is 0 Å². The van der Waals surface area contributed by atoms with Crippen molar-refractivity contribution in [2.24, 2.45) is 5.92 Å². The summed E-state index contributed by atoms with van der Waals surface area (Å²) in [5, 5.41) is 3.52. The van der Waals surface area contributed by atoms with Crippen molar-refractivity contribution in [3.8, 4) is 5.75 Å². The molecule has 2 saturated heterocycles. The van der Waals surface area contributed by atoms with Crippen LogP contribution in [-0.4, -0.2) is 43.7 Å². The van der Waals surface area contributed by atoms with Gasteiger partial charge in [-0.25, -0.2) is 0 Å². The van der Waals surface area contributed by atoms with Crippen molar-refractivity contribution in [3.05, 3.63) is 28.7 Å². The molecule has 2 aliphatic heterocycles. The molecule has 0 amide bonds. The number of hydrogen-bond acceptors (Lipinski definition) is 3. The van der Waals surface area contributed by atoms with Crippen LogP contribution in [-0.2, 0) is 0 Å². The Kier molecular flexibility index (Phi) is 4.41. The van der Waals surface area contributed by atoms with E-state index in [1.54, 1.807) is 0 Å². The van der Waals surface area contributed by atoms with Gasteiger partial charge in [-0.15, -0.1) is 0 Å². The zero-order valence-electron chi connectivity index (χ0n) is 11.1. The summed E-state index contributed by atoms with van der Waals surface area (Å²) in [6, 6.07) is 8.81. The predicted octanol–water partition coefficient (Wildman–Crippen LogP) is 2.51. The number of hydrogen-bond donors (Lipinski definition) is 1. The number of rotatable bonds is 4. The smallest absolute Gasteiger partial charge is 0.120 e. The molecule has 2 atom stereocenters. The number of likely N-dealkylation sites (tertiary alicyclic amines) is 1. The van der Waals surface area contributed by atoms with Crippen LogP contribution in [0.15, 0.2) is 28.7 Å². The molecule has 104 valence electrons. The summed E-state index contributed by atoms with van der Waals surface area (Å²) in [6.07, 6.45) is 2.72. The number of halogens is 1. The summed E-state index contributed by atoms with van der Waals surface area (Å²) in [6.45, 7) is 5.40. The average molecular weight is 325 g/mol. The summed E-state index contributed by atoms with van der Waals surface area (Å²) in [5.41, 5.74) is 0. The second-order valence-electron chi connectivity index (χ2n) is 5.47. The van der Waals surface area contributed by atoms with Gasteiger partial charge in [-0.2, -0.15) is 0 Å². The van der Waals surface area contributed by atoms with Crippen molar-refractivity contribution in [2.75, 3.05) is 32.8 Å². The molecule has 2 fully saturated rings. The molecule has 19 heavy (non-hydrogen) atoms. The molecule has 0 saturated carbocycles. The van der Waals surface area contributed by atoms with Crippen molar-refractivity contribution in [3.63, 3.8) is 0 Å². The number of piperidine rings is 1. The number of nitrogens with zero attached hydrogens (tertiary/aromatic N) is 1. The minimum Gasteiger partial charge on any atom is -0.492 e. The van der Waals surface area contributed by atoms with Crippen LogP contribution < -0.4 is 10.1 Å². The first kappa shape index (κ1) is 13.4. The highest BCUT2D eigenvalue weighted by molar-refractivity contribution is 9.10. The molecule has 0 bridgehead atoms. The first-order valence-electron chi connectivity index (χ1n) is 7.16. The summed E-state index contributed by atoms with van der Waals surface area (Å²) in [4.78, 5) is 2.60. The molecule has 4 heteroatoms. The van der Waals surface area contributed by atoms with Crippen LogP contribution in [0.1, 0.15) is 12.8 Å². The zero-order chi connectivity index (χ0) is 13.1. The number of benzene rings is 1. The van der Waals surface area contributed by atoms with Gasteiger partial charge in [-0.05, 0) is 50.0 Å². The second kappa shape index (κ2) is 6.25. The summed E-state index contributed by atoms with van der Waals surface area (Å²) >= 11 is 3.47. The van der Waals surface area contributed by atoms with E-state index in [0.717, 1.165) is 41.9 Å². The third-order valence-corrected chi connectivity index (χ3v) is 4.73. The molecule has 2 aliphatic rings. The van der Waals surface area contributed by atoms with Crippen molar-refractivity contribution in [2.45, 2.75) is 18.9 Å². The van der Waals surface area contributed by atoms with E-state index < -0.39 is 0 Å². The highest BCUT2D eigenvalue weighted by Crippen LogP contribution is 2.26. The Bertz CT molecular complexity index is 426. The topological polar surface area (TPSA) is 24.5 Å². The maximum Gasteiger partial charge on any atom is 0.120 e. The van der Waals surface area contributed by atoms with Crippen LogP contribution in [0.4, 0.5) is 0 Å². The van der Waals surface area contributed by atoms with Crippen molar-refractivity contribution < 1.29 is 4.74 Å². The number of fused-ring (bicyclic) bond motifs is 1. The van der Waals surface area contributed by atoms with Gasteiger partial charge in [0.1, 0.15) is 12.4 Å². The van der Waals surface area contributed by atoms with Crippen LogP contribution in [0, 0.1) is 5.92 Å². The van der Waals surface area contributed by atoms with Gasteiger partial charge >= 0.3 is 0 Å². The van der Waals surface area contributed by atoms with Gasteiger partial charge in [0.15, 0.2) is 0 Å². The Morgan fingerprint density at radius 3 is 3.21 bits per heavy atom. The molecule has 0 aliphatic carbocycles. The molecule has 1 aromatic rings. The van der Waals surface area contributed by atoms with Gasteiger partial charge in [0.2, 0.25) is 0 Å². The lowest BCUT2D eigenvalue weighted by atomic mass is 9.92. The van der Waals surface area contributed by atoms with E-state index >= 15 is 0 Å². The summed E-state index contributed by atoms with van der Waals surface area (Å²) in [5.74, 6) is 1.81. The average Bonchev–Trinajstić information content (AvgIpc) is 2.88. The van der Waals surface area contributed by atoms with E-state index in [9.17, 15) is 0 Å². The molecule has 3 nitrogen and oxygen atoms in total. The molecular formula is C15H21BrN2O. The lowest BCUT2D eigenvalue weighted by Gasteiger charge is -2.36. The Balaban J connectivity index is 1.49. The van der Waals surface area contributed by atoms with Crippen LogP contribution in [0.2, 0.25) is 0 Å². The van der Waals surface area contributed by atoms with E-state index in [2.05, 4.69) is 26.1 Å². The van der Waals surface area contributed by atoms with Gasteiger partial charge < -0.3 is 10.1 Å². The number of nitrogens with one attached hydrogen (secondary N) is 1. The molecular weight excluding hydrogens is 304 g/mol. The van der Waals surface area contributed by atoms with E-state index in [1.165, 1.54) is 25.9 Å². The molecule has 1 N–H and O–H groups in total. The van der Waals surface area contributed by atoms with E-state index in [0.29, 0.717) is 0 Å². The lowest BCUT2D eigenvalue weighted by molar-refractivity contribution is 0.105. The minimum absolute atomic E-state index is 0.736. The van der Waals surface area contributed by atoms with E-state index in [4.69, 9.17) is 4.74 Å². The monoisotopic (exact) mass is 324 g/mol. The van der Waals surface area contributed by atoms with E-state index in [1.807, 2.05) is 24.3 Å². The van der Waals surface area contributed by atoms with E-state index in [-0.39, 0.29) is 0 Å². The highest BCUT2D eigenvalue weighted by atomic mass is 79.9. The van der Waals surface area contributed by atoms with Gasteiger partial charge in [-0.3, -0.25) is 4.90 Å². The van der Waals surface area contributed by atoms with Crippen LogP contribution >= 0.6 is 15.9 Å². The molecule has 0 aromatic heterocycles. The van der Waals surface area contributed by atoms with Crippen LogP contribution in [0.5, 0.6) is 5.75 Å². The van der Waals surface area contributed by atoms with Crippen molar-refractivity contribution >= 4 is 15.9 Å². The molecule has 1 aromatic carbocycles. The second-order valence-corrected chi connectivity index (χ2v) is 6.39. The van der Waals surface area contributed by atoms with Crippen LogP contribution in [0.3, 0.4) is 0 Å². The third-order valence-electron chi connectivity index (χ3n) is 4.24. The van der Waals surface area contributed by atoms with Gasteiger partial charge in [0.05, 0.1) is 0 Å². The van der Waals surface area contributed by atoms with Gasteiger partial charge in [0, 0.05) is 23.6 Å². The molecule has 2 unspecified atom stereocenters. The lowest BCUT2D eigenvalue weighted by Crippen LogP contribution is -2.46. The standard InChI is InChI=1S/C15H21BrN2O/c16-13-4-1-5-14(9-13)19-8-7-18-6-2-3-12-10-17-11-15(12)18/h1,4-5,9,12,15,17H,2-3,6-8,10-11H2. The Morgan fingerprint density at radius 2 is 2.32 bits per heavy atom. The zero-order valence-corrected chi connectivity index (χ0v) is 12.7. The van der Waals surface area contributed by atoms with Crippen molar-refractivity contribution in [1.82, 2.24) is 10.2 Å². The maximum atomic E-state index is 5.85. The molecule has 0 spiro atoms. The molecule has 0 radical (unpaired) electrons. The fraction of sp³-hybridized carbons (Fsp3) is 0.600. The first-order valence-corrected chi connectivity index (χ1v) is 7.95.